The number of carbonyl (C=O) groups excluding carboxylic acids is 2. The summed E-state index contributed by atoms with van der Waals surface area (Å²) in [6.45, 7) is 0.608. The average molecular weight is 538 g/mol. The monoisotopic (exact) mass is 538 g/mol. The lowest BCUT2D eigenvalue weighted by Gasteiger charge is -2.07. The summed E-state index contributed by atoms with van der Waals surface area (Å²) >= 11 is 2.27. The number of anilines is 1. The molecule has 0 saturated carbocycles. The van der Waals surface area contributed by atoms with Crippen LogP contribution in [0.4, 0.5) is 5.69 Å². The van der Waals surface area contributed by atoms with Crippen LogP contribution in [0.15, 0.2) is 78.9 Å². The Morgan fingerprint density at radius 2 is 1.38 bits per heavy atom. The van der Waals surface area contributed by atoms with E-state index in [1.807, 2.05) is 48.5 Å². The Hall–Kier alpha value is -2.93. The molecule has 0 fully saturated rings. The second-order valence-electron chi connectivity index (χ2n) is 7.49. The van der Waals surface area contributed by atoms with E-state index in [2.05, 4.69) is 75.7 Å². The lowest BCUT2D eigenvalue weighted by atomic mass is 10.1. The maximum Gasteiger partial charge on any atom is 0.224 e. The van der Waals surface area contributed by atoms with Gasteiger partial charge in [-0.15, -0.1) is 0 Å². The molecule has 164 valence electrons. The Morgan fingerprint density at radius 1 is 0.750 bits per heavy atom. The summed E-state index contributed by atoms with van der Waals surface area (Å²) < 4.78 is 1.20. The third kappa shape index (κ3) is 8.67. The number of hydrogen-bond donors (Lipinski definition) is 2. The Kier molecular flexibility index (Phi) is 9.50. The van der Waals surface area contributed by atoms with E-state index in [-0.39, 0.29) is 11.8 Å². The largest absolute Gasteiger partial charge is 0.356 e. The first-order valence-electron chi connectivity index (χ1n) is 10.7. The van der Waals surface area contributed by atoms with E-state index in [0.717, 1.165) is 23.2 Å². The van der Waals surface area contributed by atoms with Gasteiger partial charge >= 0.3 is 0 Å². The Labute approximate surface area is 203 Å². The fourth-order valence-corrected chi connectivity index (χ4v) is 3.51. The third-order valence-corrected chi connectivity index (χ3v) is 5.64. The highest BCUT2D eigenvalue weighted by molar-refractivity contribution is 14.1. The van der Waals surface area contributed by atoms with Gasteiger partial charge in [-0.05, 0) is 76.4 Å². The van der Waals surface area contributed by atoms with Crippen molar-refractivity contribution in [2.75, 3.05) is 11.9 Å². The molecule has 3 aromatic rings. The van der Waals surface area contributed by atoms with Gasteiger partial charge in [0.05, 0.1) is 0 Å². The molecule has 0 aliphatic heterocycles. The van der Waals surface area contributed by atoms with Gasteiger partial charge in [0.2, 0.25) is 11.8 Å². The molecule has 0 radical (unpaired) electrons. The fraction of sp³-hybridized carbons (Fsp3) is 0.185. The molecule has 0 aliphatic rings. The van der Waals surface area contributed by atoms with Crippen molar-refractivity contribution in [1.29, 1.82) is 0 Å². The number of benzene rings is 3. The maximum atomic E-state index is 12.2. The number of halogens is 1. The van der Waals surface area contributed by atoms with Gasteiger partial charge < -0.3 is 10.6 Å². The van der Waals surface area contributed by atoms with E-state index in [9.17, 15) is 9.59 Å². The lowest BCUT2D eigenvalue weighted by Crippen LogP contribution is -2.25. The highest BCUT2D eigenvalue weighted by Gasteiger charge is 2.06. The molecule has 0 aromatic heterocycles. The van der Waals surface area contributed by atoms with Crippen LogP contribution in [-0.2, 0) is 16.0 Å². The van der Waals surface area contributed by atoms with Gasteiger partial charge in [-0.1, -0.05) is 66.7 Å². The minimum atomic E-state index is -0.0794. The van der Waals surface area contributed by atoms with Crippen molar-refractivity contribution in [2.24, 2.45) is 0 Å². The number of nitrogens with one attached hydrogen (secondary N) is 2. The van der Waals surface area contributed by atoms with Crippen molar-refractivity contribution < 1.29 is 9.59 Å². The van der Waals surface area contributed by atoms with Crippen molar-refractivity contribution in [3.8, 4) is 0 Å². The van der Waals surface area contributed by atoms with Crippen LogP contribution in [0.2, 0.25) is 0 Å². The normalized spacial score (nSPS) is 10.8. The predicted molar refractivity (Wildman–Crippen MR) is 140 cm³/mol. The van der Waals surface area contributed by atoms with Crippen LogP contribution in [0.25, 0.3) is 12.2 Å². The van der Waals surface area contributed by atoms with Crippen molar-refractivity contribution in [2.45, 2.75) is 25.7 Å². The molecule has 2 amide bonds. The minimum Gasteiger partial charge on any atom is -0.356 e. The van der Waals surface area contributed by atoms with Gasteiger partial charge in [0.15, 0.2) is 0 Å². The van der Waals surface area contributed by atoms with Gasteiger partial charge in [-0.2, -0.15) is 0 Å². The highest BCUT2D eigenvalue weighted by Crippen LogP contribution is 2.13. The lowest BCUT2D eigenvalue weighted by molar-refractivity contribution is -0.121. The summed E-state index contributed by atoms with van der Waals surface area (Å²) in [5.74, 6) is -0.0952. The van der Waals surface area contributed by atoms with E-state index in [1.54, 1.807) is 0 Å². The highest BCUT2D eigenvalue weighted by atomic mass is 127. The van der Waals surface area contributed by atoms with Crippen LogP contribution in [0.3, 0.4) is 0 Å². The standard InChI is InChI=1S/C27H27IN2O2/c28-24-15-11-23(12-16-24)19-20-29-26(31)7-4-8-27(32)30-25-17-13-22(14-18-25)10-9-21-5-2-1-3-6-21/h1-3,5-6,9-18H,4,7-8,19-20H2,(H,29,31)(H,30,32)/b10-9+. The van der Waals surface area contributed by atoms with E-state index >= 15 is 0 Å². The van der Waals surface area contributed by atoms with Gasteiger partial charge in [0.25, 0.3) is 0 Å². The first-order chi connectivity index (χ1) is 15.6. The van der Waals surface area contributed by atoms with Crippen LogP contribution in [0.5, 0.6) is 0 Å². The zero-order chi connectivity index (χ0) is 22.6. The second-order valence-corrected chi connectivity index (χ2v) is 8.74. The maximum absolute atomic E-state index is 12.2. The summed E-state index contributed by atoms with van der Waals surface area (Å²) in [7, 11) is 0. The summed E-state index contributed by atoms with van der Waals surface area (Å²) in [5.41, 5.74) is 4.16. The Morgan fingerprint density at radius 3 is 2.06 bits per heavy atom. The molecule has 0 heterocycles. The Bertz CT molecular complexity index is 1030. The molecule has 0 atom stereocenters. The molecule has 0 aliphatic carbocycles. The third-order valence-electron chi connectivity index (χ3n) is 4.92. The molecule has 3 rings (SSSR count). The van der Waals surface area contributed by atoms with Gasteiger partial charge in [-0.25, -0.2) is 0 Å². The summed E-state index contributed by atoms with van der Waals surface area (Å²) in [6.07, 6.45) is 6.10. The van der Waals surface area contributed by atoms with Crippen LogP contribution < -0.4 is 10.6 Å². The molecular weight excluding hydrogens is 511 g/mol. The van der Waals surface area contributed by atoms with Gasteiger partial charge in [-0.3, -0.25) is 9.59 Å². The number of rotatable bonds is 10. The molecule has 2 N–H and O–H groups in total. The zero-order valence-corrected chi connectivity index (χ0v) is 20.0. The van der Waals surface area contributed by atoms with Crippen molar-refractivity contribution in [3.05, 3.63) is 99.1 Å². The smallest absolute Gasteiger partial charge is 0.224 e. The molecule has 0 saturated heterocycles. The Balaban J connectivity index is 1.32. The van der Waals surface area contributed by atoms with E-state index in [0.29, 0.717) is 25.8 Å². The molecular formula is C27H27IN2O2. The van der Waals surface area contributed by atoms with Crippen molar-refractivity contribution in [3.63, 3.8) is 0 Å². The molecule has 5 heteroatoms. The van der Waals surface area contributed by atoms with Crippen LogP contribution in [0, 0.1) is 3.57 Å². The number of carbonyl (C=O) groups is 2. The predicted octanol–water partition coefficient (Wildman–Crippen LogP) is 5.93. The van der Waals surface area contributed by atoms with Gasteiger partial charge in [0, 0.05) is 28.6 Å². The first kappa shape index (κ1) is 23.7. The molecule has 3 aromatic carbocycles. The van der Waals surface area contributed by atoms with Crippen LogP contribution in [0.1, 0.15) is 36.0 Å². The van der Waals surface area contributed by atoms with Gasteiger partial charge in [0.1, 0.15) is 0 Å². The zero-order valence-electron chi connectivity index (χ0n) is 17.9. The van der Waals surface area contributed by atoms with Crippen LogP contribution in [-0.4, -0.2) is 18.4 Å². The first-order valence-corrected chi connectivity index (χ1v) is 11.8. The van der Waals surface area contributed by atoms with E-state index in [1.165, 1.54) is 9.13 Å². The molecule has 32 heavy (non-hydrogen) atoms. The molecule has 4 nitrogen and oxygen atoms in total. The topological polar surface area (TPSA) is 58.2 Å². The summed E-state index contributed by atoms with van der Waals surface area (Å²) in [6, 6.07) is 26.1. The second kappa shape index (κ2) is 12.8. The number of amides is 2. The quantitative estimate of drug-likeness (QED) is 0.249. The van der Waals surface area contributed by atoms with Crippen LogP contribution >= 0.6 is 22.6 Å². The molecule has 0 unspecified atom stereocenters. The minimum absolute atomic E-state index is 0.0159. The fourth-order valence-electron chi connectivity index (χ4n) is 3.15. The van der Waals surface area contributed by atoms with Crippen molar-refractivity contribution >= 4 is 52.2 Å². The van der Waals surface area contributed by atoms with Crippen molar-refractivity contribution in [1.82, 2.24) is 5.32 Å². The van der Waals surface area contributed by atoms with E-state index in [4.69, 9.17) is 0 Å². The average Bonchev–Trinajstić information content (AvgIpc) is 2.80. The summed E-state index contributed by atoms with van der Waals surface area (Å²) in [5, 5.41) is 5.81. The molecule has 0 spiro atoms. The SMILES string of the molecule is O=C(CCCC(=O)Nc1ccc(/C=C/c2ccccc2)cc1)NCCc1ccc(I)cc1. The number of hydrogen-bond acceptors (Lipinski definition) is 2. The molecule has 0 bridgehead atoms. The summed E-state index contributed by atoms with van der Waals surface area (Å²) in [4.78, 5) is 24.1. The van der Waals surface area contributed by atoms with E-state index < -0.39 is 0 Å².